The van der Waals surface area contributed by atoms with Crippen molar-refractivity contribution in [2.45, 2.75) is 42.2 Å². The molecule has 3 aromatic carbocycles. The first-order valence-electron chi connectivity index (χ1n) is 13.8. The van der Waals surface area contributed by atoms with Crippen LogP contribution in [0.5, 0.6) is 11.5 Å². The molecule has 3 aromatic rings. The van der Waals surface area contributed by atoms with Crippen molar-refractivity contribution in [1.29, 1.82) is 0 Å². The van der Waals surface area contributed by atoms with Crippen LogP contribution >= 0.6 is 0 Å². The average Bonchev–Trinajstić information content (AvgIpc) is 3.04. The highest BCUT2D eigenvalue weighted by Crippen LogP contribution is 2.31. The molecule has 14 heteroatoms. The van der Waals surface area contributed by atoms with Crippen molar-refractivity contribution in [2.75, 3.05) is 38.6 Å². The van der Waals surface area contributed by atoms with E-state index in [9.17, 15) is 31.1 Å². The summed E-state index contributed by atoms with van der Waals surface area (Å²) in [6, 6.07) is 14.4. The third-order valence-corrected chi connectivity index (χ3v) is 10.7. The highest BCUT2D eigenvalue weighted by molar-refractivity contribution is 7.92. The quantitative estimate of drug-likeness (QED) is 0.341. The van der Waals surface area contributed by atoms with Crippen LogP contribution in [0.15, 0.2) is 76.5 Å². The third kappa shape index (κ3) is 7.49. The Morgan fingerprint density at radius 1 is 1.07 bits per heavy atom. The van der Waals surface area contributed by atoms with Crippen molar-refractivity contribution < 1.29 is 40.6 Å². The number of nitrogens with zero attached hydrogens (tertiary/aromatic N) is 2. The molecule has 0 radical (unpaired) electrons. The van der Waals surface area contributed by atoms with E-state index in [-0.39, 0.29) is 53.3 Å². The number of carbonyl (C=O) groups is 1. The molecule has 1 heterocycles. The Labute approximate surface area is 257 Å². The Kier molecular flexibility index (Phi) is 10.2. The third-order valence-electron chi connectivity index (χ3n) is 7.50. The van der Waals surface area contributed by atoms with Crippen molar-refractivity contribution in [1.82, 2.24) is 9.21 Å². The number of anilines is 1. The van der Waals surface area contributed by atoms with E-state index in [0.29, 0.717) is 11.3 Å². The maximum atomic E-state index is 13.5. The highest BCUT2D eigenvalue weighted by atomic mass is 32.2. The second kappa shape index (κ2) is 13.5. The van der Waals surface area contributed by atoms with Gasteiger partial charge in [0.15, 0.2) is 0 Å². The molecule has 1 amide bonds. The molecule has 0 aromatic heterocycles. The summed E-state index contributed by atoms with van der Waals surface area (Å²) in [4.78, 5) is 14.9. The summed E-state index contributed by atoms with van der Waals surface area (Å²) >= 11 is 0. The van der Waals surface area contributed by atoms with E-state index in [4.69, 9.17) is 9.47 Å². The lowest BCUT2D eigenvalue weighted by atomic mass is 10.0. The van der Waals surface area contributed by atoms with Crippen molar-refractivity contribution in [3.05, 3.63) is 78.1 Å². The molecule has 0 saturated carbocycles. The number of carbonyl (C=O) groups excluding carboxylic acids is 1. The van der Waals surface area contributed by atoms with Crippen LogP contribution in [0, 0.1) is 11.7 Å². The van der Waals surface area contributed by atoms with Crippen molar-refractivity contribution >= 4 is 31.6 Å². The predicted octanol–water partition coefficient (Wildman–Crippen LogP) is 3.10. The van der Waals surface area contributed by atoms with E-state index >= 15 is 0 Å². The van der Waals surface area contributed by atoms with Crippen LogP contribution in [-0.2, 0) is 31.3 Å². The van der Waals surface area contributed by atoms with Crippen LogP contribution in [-0.4, -0.2) is 83.1 Å². The van der Waals surface area contributed by atoms with Gasteiger partial charge in [-0.1, -0.05) is 6.92 Å². The minimum Gasteiger partial charge on any atom is -0.497 e. The number of hydrogen-bond donors (Lipinski definition) is 2. The first-order chi connectivity index (χ1) is 20.7. The topological polar surface area (TPSA) is 143 Å². The first kappa shape index (κ1) is 33.2. The molecule has 4 rings (SSSR count). The number of amides is 1. The van der Waals surface area contributed by atoms with Gasteiger partial charge in [0.05, 0.1) is 42.5 Å². The molecule has 2 N–H and O–H groups in total. The fourth-order valence-corrected chi connectivity index (χ4v) is 7.05. The molecule has 1 aliphatic rings. The minimum atomic E-state index is -4.01. The lowest BCUT2D eigenvalue weighted by Gasteiger charge is -2.33. The average molecular weight is 650 g/mol. The van der Waals surface area contributed by atoms with Gasteiger partial charge in [-0.2, -0.15) is 4.31 Å². The Morgan fingerprint density at radius 3 is 2.32 bits per heavy atom. The van der Waals surface area contributed by atoms with Gasteiger partial charge < -0.3 is 19.5 Å². The number of sulfonamides is 2. The van der Waals surface area contributed by atoms with Crippen molar-refractivity contribution in [2.24, 2.45) is 5.92 Å². The summed E-state index contributed by atoms with van der Waals surface area (Å²) in [5.41, 5.74) is 0.570. The molecule has 238 valence electrons. The second-order valence-corrected chi connectivity index (χ2v) is 14.5. The molecular weight excluding hydrogens is 613 g/mol. The lowest BCUT2D eigenvalue weighted by Crippen LogP contribution is -2.48. The predicted molar refractivity (Wildman–Crippen MR) is 162 cm³/mol. The molecule has 1 aliphatic heterocycles. The number of benzene rings is 3. The smallest absolute Gasteiger partial charge is 0.261 e. The van der Waals surface area contributed by atoms with Crippen LogP contribution < -0.4 is 14.2 Å². The Balaban J connectivity index is 1.67. The van der Waals surface area contributed by atoms with Crippen LogP contribution in [0.25, 0.3) is 0 Å². The van der Waals surface area contributed by atoms with Gasteiger partial charge in [0, 0.05) is 30.8 Å². The van der Waals surface area contributed by atoms with Crippen LogP contribution in [0.4, 0.5) is 10.1 Å². The molecule has 0 unspecified atom stereocenters. The molecule has 0 aliphatic carbocycles. The van der Waals surface area contributed by atoms with Crippen LogP contribution in [0.3, 0.4) is 0 Å². The fraction of sp³-hybridized carbons (Fsp3) is 0.367. The van der Waals surface area contributed by atoms with Crippen molar-refractivity contribution in [3.63, 3.8) is 0 Å². The van der Waals surface area contributed by atoms with E-state index in [1.54, 1.807) is 6.92 Å². The molecule has 0 bridgehead atoms. The summed E-state index contributed by atoms with van der Waals surface area (Å²) in [5.74, 6) is -0.485. The monoisotopic (exact) mass is 649 g/mol. The largest absolute Gasteiger partial charge is 0.497 e. The summed E-state index contributed by atoms with van der Waals surface area (Å²) in [6.07, 6.45) is -0.906. The van der Waals surface area contributed by atoms with Gasteiger partial charge in [-0.25, -0.2) is 21.2 Å². The second-order valence-electron chi connectivity index (χ2n) is 10.7. The van der Waals surface area contributed by atoms with Gasteiger partial charge in [-0.3, -0.25) is 9.52 Å². The molecule has 0 spiro atoms. The summed E-state index contributed by atoms with van der Waals surface area (Å²) in [6.45, 7) is 3.28. The highest BCUT2D eigenvalue weighted by Gasteiger charge is 2.33. The van der Waals surface area contributed by atoms with Gasteiger partial charge in [-0.15, -0.1) is 0 Å². The molecule has 3 atom stereocenters. The Morgan fingerprint density at radius 2 is 1.70 bits per heavy atom. The number of likely N-dealkylation sites (N-methyl/N-ethyl adjacent to an activating group) is 1. The Bertz CT molecular complexity index is 1680. The number of aliphatic hydroxyl groups is 1. The van der Waals surface area contributed by atoms with Gasteiger partial charge in [0.2, 0.25) is 15.9 Å². The Hall–Kier alpha value is -3.72. The number of nitrogens with one attached hydrogen (secondary N) is 1. The zero-order chi connectivity index (χ0) is 32.2. The normalized spacial score (nSPS) is 18.4. The number of fused-ring (bicyclic) bond motifs is 1. The van der Waals surface area contributed by atoms with Gasteiger partial charge in [0.1, 0.15) is 23.4 Å². The van der Waals surface area contributed by atoms with E-state index < -0.39 is 43.9 Å². The van der Waals surface area contributed by atoms with Crippen LogP contribution in [0.2, 0.25) is 0 Å². The number of methoxy groups -OCH3 is 1. The standard InChI is InChI=1S/C30H36FN3O8S2/c1-20-17-34(21(2)19-35)30(36)16-22-15-24(32-43(37,38)26-12-8-25(41-4)9-13-26)7-14-28(22)42-29(20)18-33(3)44(39,40)27-10-5-23(31)6-11-27/h5-15,20-21,29,32,35H,16-19H2,1-4H3/t20-,21+,29+/m1/s1. The van der Waals surface area contributed by atoms with E-state index in [2.05, 4.69) is 4.72 Å². The molecule has 11 nitrogen and oxygen atoms in total. The SMILES string of the molecule is COc1ccc(S(=O)(=O)Nc2ccc3c(c2)CC(=O)N([C@@H](C)CO)C[C@@H](C)[C@H](CN(C)S(=O)(=O)c2ccc(F)cc2)O3)cc1. The number of ether oxygens (including phenoxy) is 2. The van der Waals surface area contributed by atoms with Gasteiger partial charge >= 0.3 is 0 Å². The molecular formula is C30H36FN3O8S2. The number of halogens is 1. The molecule has 0 fully saturated rings. The maximum Gasteiger partial charge on any atom is 0.261 e. The summed E-state index contributed by atoms with van der Waals surface area (Å²) in [5, 5.41) is 9.87. The van der Waals surface area contributed by atoms with E-state index in [0.717, 1.165) is 16.4 Å². The number of aliphatic hydroxyl groups excluding tert-OH is 1. The minimum absolute atomic E-state index is 0.0106. The van der Waals surface area contributed by atoms with Crippen molar-refractivity contribution in [3.8, 4) is 11.5 Å². The van der Waals surface area contributed by atoms with E-state index in [1.807, 2.05) is 6.92 Å². The van der Waals surface area contributed by atoms with E-state index in [1.165, 1.54) is 73.7 Å². The zero-order valence-electron chi connectivity index (χ0n) is 24.8. The van der Waals surface area contributed by atoms with Gasteiger partial charge in [0.25, 0.3) is 10.0 Å². The molecule has 0 saturated heterocycles. The van der Waals surface area contributed by atoms with Crippen LogP contribution in [0.1, 0.15) is 19.4 Å². The molecule has 44 heavy (non-hydrogen) atoms. The maximum absolute atomic E-state index is 13.5. The number of rotatable bonds is 10. The first-order valence-corrected chi connectivity index (χ1v) is 16.8. The fourth-order valence-electron chi connectivity index (χ4n) is 4.82. The number of hydrogen-bond acceptors (Lipinski definition) is 8. The van der Waals surface area contributed by atoms with Gasteiger partial charge in [-0.05, 0) is 73.7 Å². The summed E-state index contributed by atoms with van der Waals surface area (Å²) in [7, 11) is -5.13. The zero-order valence-corrected chi connectivity index (χ0v) is 26.4. The lowest BCUT2D eigenvalue weighted by molar-refractivity contribution is -0.134. The summed E-state index contributed by atoms with van der Waals surface area (Å²) < 4.78 is 81.2.